The van der Waals surface area contributed by atoms with Crippen LogP contribution >= 0.6 is 0 Å². The van der Waals surface area contributed by atoms with E-state index in [4.69, 9.17) is 9.47 Å². The van der Waals surface area contributed by atoms with Gasteiger partial charge in [-0.1, -0.05) is 36.4 Å². The van der Waals surface area contributed by atoms with Crippen molar-refractivity contribution in [2.75, 3.05) is 6.61 Å². The minimum absolute atomic E-state index is 0.0971. The van der Waals surface area contributed by atoms with Crippen LogP contribution in [0.25, 0.3) is 0 Å². The zero-order valence-corrected chi connectivity index (χ0v) is 13.1. The van der Waals surface area contributed by atoms with Crippen molar-refractivity contribution in [3.05, 3.63) is 71.8 Å². The molecule has 2 aromatic rings. The first kappa shape index (κ1) is 17.4. The van der Waals surface area contributed by atoms with Gasteiger partial charge < -0.3 is 14.3 Å². The van der Waals surface area contributed by atoms with E-state index in [2.05, 4.69) is 0 Å². The van der Waals surface area contributed by atoms with Crippen LogP contribution < -0.4 is 0 Å². The second kappa shape index (κ2) is 9.25. The van der Waals surface area contributed by atoms with E-state index in [-0.39, 0.29) is 13.0 Å². The molecule has 5 heteroatoms. The molecule has 0 spiro atoms. The third-order valence-corrected chi connectivity index (χ3v) is 3.30. The lowest BCUT2D eigenvalue weighted by molar-refractivity contribution is -0.108. The van der Waals surface area contributed by atoms with E-state index in [9.17, 15) is 14.4 Å². The van der Waals surface area contributed by atoms with Crippen LogP contribution in [-0.4, -0.2) is 30.9 Å². The van der Waals surface area contributed by atoms with Gasteiger partial charge in [0.1, 0.15) is 19.0 Å². The monoisotopic (exact) mass is 326 g/mol. The second-order valence-electron chi connectivity index (χ2n) is 5.10. The summed E-state index contributed by atoms with van der Waals surface area (Å²) in [5, 5.41) is 0. The topological polar surface area (TPSA) is 69.7 Å². The van der Waals surface area contributed by atoms with E-state index in [1.54, 1.807) is 60.7 Å². The van der Waals surface area contributed by atoms with Crippen LogP contribution in [-0.2, 0) is 14.3 Å². The van der Waals surface area contributed by atoms with Gasteiger partial charge in [-0.15, -0.1) is 0 Å². The fourth-order valence-corrected chi connectivity index (χ4v) is 2.05. The summed E-state index contributed by atoms with van der Waals surface area (Å²) in [6, 6.07) is 17.1. The summed E-state index contributed by atoms with van der Waals surface area (Å²) in [5.74, 6) is -1.01. The van der Waals surface area contributed by atoms with Gasteiger partial charge in [0, 0.05) is 6.42 Å². The highest BCUT2D eigenvalue weighted by atomic mass is 16.6. The third-order valence-electron chi connectivity index (χ3n) is 3.30. The van der Waals surface area contributed by atoms with Crippen LogP contribution in [0.3, 0.4) is 0 Å². The van der Waals surface area contributed by atoms with Gasteiger partial charge in [-0.05, 0) is 30.7 Å². The Balaban J connectivity index is 1.94. The second-order valence-corrected chi connectivity index (χ2v) is 5.10. The Morgan fingerprint density at radius 1 is 0.875 bits per heavy atom. The van der Waals surface area contributed by atoms with Crippen molar-refractivity contribution < 1.29 is 23.9 Å². The van der Waals surface area contributed by atoms with Crippen molar-refractivity contribution in [2.45, 2.75) is 18.9 Å². The standard InChI is InChI=1S/C19H18O5/c20-13-7-12-17(24-19(22)16-10-5-2-6-11-16)14-23-18(21)15-8-3-1-4-9-15/h1-6,8-11,13,17H,7,12,14H2. The minimum atomic E-state index is -0.671. The predicted octanol–water partition coefficient (Wildman–Crippen LogP) is 3.05. The highest BCUT2D eigenvalue weighted by Gasteiger charge is 2.18. The van der Waals surface area contributed by atoms with Gasteiger partial charge >= 0.3 is 11.9 Å². The maximum absolute atomic E-state index is 12.1. The summed E-state index contributed by atoms with van der Waals surface area (Å²) in [6.45, 7) is -0.0971. The zero-order valence-electron chi connectivity index (χ0n) is 13.1. The van der Waals surface area contributed by atoms with E-state index >= 15 is 0 Å². The maximum Gasteiger partial charge on any atom is 0.338 e. The number of aldehydes is 1. The van der Waals surface area contributed by atoms with Crippen LogP contribution in [0, 0.1) is 0 Å². The Labute approximate surface area is 140 Å². The lowest BCUT2D eigenvalue weighted by atomic mass is 10.2. The van der Waals surface area contributed by atoms with Gasteiger partial charge in [0.25, 0.3) is 0 Å². The van der Waals surface area contributed by atoms with Crippen LogP contribution in [0.2, 0.25) is 0 Å². The normalized spacial score (nSPS) is 11.3. The third kappa shape index (κ3) is 5.35. The highest BCUT2D eigenvalue weighted by molar-refractivity contribution is 5.90. The molecular weight excluding hydrogens is 308 g/mol. The molecular formula is C19H18O5. The number of carbonyl (C=O) groups is 3. The summed E-state index contributed by atoms with van der Waals surface area (Å²) in [6.07, 6.45) is 0.581. The van der Waals surface area contributed by atoms with Crippen LogP contribution in [0.15, 0.2) is 60.7 Å². The first-order chi connectivity index (χ1) is 11.7. The first-order valence-corrected chi connectivity index (χ1v) is 7.62. The van der Waals surface area contributed by atoms with E-state index in [1.807, 2.05) is 0 Å². The minimum Gasteiger partial charge on any atom is -0.458 e. The molecule has 2 rings (SSSR count). The number of carbonyl (C=O) groups excluding carboxylic acids is 3. The average Bonchev–Trinajstić information content (AvgIpc) is 2.65. The summed E-state index contributed by atoms with van der Waals surface area (Å²) in [4.78, 5) is 34.6. The zero-order chi connectivity index (χ0) is 17.2. The molecule has 2 aromatic carbocycles. The molecule has 0 bridgehead atoms. The summed E-state index contributed by atoms with van der Waals surface area (Å²) in [5.41, 5.74) is 0.823. The van der Waals surface area contributed by atoms with Gasteiger partial charge in [0.15, 0.2) is 0 Å². The van der Waals surface area contributed by atoms with Gasteiger partial charge in [-0.3, -0.25) is 0 Å². The molecule has 24 heavy (non-hydrogen) atoms. The molecule has 0 aliphatic carbocycles. The van der Waals surface area contributed by atoms with Gasteiger partial charge in [0.05, 0.1) is 11.1 Å². The lowest BCUT2D eigenvalue weighted by Crippen LogP contribution is -2.25. The van der Waals surface area contributed by atoms with E-state index in [0.29, 0.717) is 17.5 Å². The molecule has 0 N–H and O–H groups in total. The van der Waals surface area contributed by atoms with Crippen molar-refractivity contribution in [1.29, 1.82) is 0 Å². The van der Waals surface area contributed by atoms with Crippen LogP contribution in [0.4, 0.5) is 0 Å². The van der Waals surface area contributed by atoms with Crippen LogP contribution in [0.1, 0.15) is 33.6 Å². The number of esters is 2. The molecule has 0 aliphatic heterocycles. The quantitative estimate of drug-likeness (QED) is 0.551. The molecule has 0 radical (unpaired) electrons. The SMILES string of the molecule is O=CCCC(COC(=O)c1ccccc1)OC(=O)c1ccccc1. The number of rotatable bonds is 8. The van der Waals surface area contributed by atoms with E-state index < -0.39 is 18.0 Å². The van der Waals surface area contributed by atoms with Crippen molar-refractivity contribution in [2.24, 2.45) is 0 Å². The molecule has 0 heterocycles. The fraction of sp³-hybridized carbons (Fsp3) is 0.211. The largest absolute Gasteiger partial charge is 0.458 e. The summed E-state index contributed by atoms with van der Waals surface area (Å²) < 4.78 is 10.5. The van der Waals surface area contributed by atoms with Gasteiger partial charge in [-0.25, -0.2) is 9.59 Å². The predicted molar refractivity (Wildman–Crippen MR) is 87.7 cm³/mol. The van der Waals surface area contributed by atoms with Crippen molar-refractivity contribution >= 4 is 18.2 Å². The summed E-state index contributed by atoms with van der Waals surface area (Å²) >= 11 is 0. The molecule has 5 nitrogen and oxygen atoms in total. The summed E-state index contributed by atoms with van der Waals surface area (Å²) in [7, 11) is 0. The molecule has 0 saturated carbocycles. The average molecular weight is 326 g/mol. The Kier molecular flexibility index (Phi) is 6.71. The van der Waals surface area contributed by atoms with Crippen molar-refractivity contribution in [3.63, 3.8) is 0 Å². The van der Waals surface area contributed by atoms with Crippen molar-refractivity contribution in [1.82, 2.24) is 0 Å². The smallest absolute Gasteiger partial charge is 0.338 e. The Morgan fingerprint density at radius 3 is 1.96 bits per heavy atom. The highest BCUT2D eigenvalue weighted by Crippen LogP contribution is 2.10. The van der Waals surface area contributed by atoms with E-state index in [1.165, 1.54) is 0 Å². The molecule has 0 fully saturated rings. The molecule has 124 valence electrons. The maximum atomic E-state index is 12.1. The van der Waals surface area contributed by atoms with Gasteiger partial charge in [0.2, 0.25) is 0 Å². The van der Waals surface area contributed by atoms with Crippen LogP contribution in [0.5, 0.6) is 0 Å². The Morgan fingerprint density at radius 2 is 1.42 bits per heavy atom. The lowest BCUT2D eigenvalue weighted by Gasteiger charge is -2.17. The number of hydrogen-bond donors (Lipinski definition) is 0. The number of hydrogen-bond acceptors (Lipinski definition) is 5. The molecule has 1 atom stereocenters. The van der Waals surface area contributed by atoms with Crippen molar-refractivity contribution in [3.8, 4) is 0 Å². The number of benzene rings is 2. The molecule has 0 amide bonds. The molecule has 1 unspecified atom stereocenters. The molecule has 0 aromatic heterocycles. The fourth-order valence-electron chi connectivity index (χ4n) is 2.05. The molecule has 0 saturated heterocycles. The Hall–Kier alpha value is -2.95. The first-order valence-electron chi connectivity index (χ1n) is 7.62. The molecule has 0 aliphatic rings. The van der Waals surface area contributed by atoms with E-state index in [0.717, 1.165) is 6.29 Å². The Bertz CT molecular complexity index is 667. The van der Waals surface area contributed by atoms with Gasteiger partial charge in [-0.2, -0.15) is 0 Å². The number of ether oxygens (including phenoxy) is 2.